The number of aromatic nitrogens is 4. The first-order valence-corrected chi connectivity index (χ1v) is 9.75. The van der Waals surface area contributed by atoms with E-state index in [2.05, 4.69) is 20.5 Å². The number of nitrogens with zero attached hydrogens (tertiary/aromatic N) is 4. The van der Waals surface area contributed by atoms with Crippen LogP contribution in [0.5, 0.6) is 5.75 Å². The monoisotopic (exact) mass is 413 g/mol. The van der Waals surface area contributed by atoms with Crippen molar-refractivity contribution in [2.75, 3.05) is 11.9 Å². The van der Waals surface area contributed by atoms with E-state index in [0.717, 1.165) is 16.2 Å². The molecule has 0 bridgehead atoms. The molecule has 0 aliphatic rings. The van der Waals surface area contributed by atoms with Crippen LogP contribution >= 0.6 is 22.9 Å². The van der Waals surface area contributed by atoms with Gasteiger partial charge in [0.1, 0.15) is 22.1 Å². The smallest absolute Gasteiger partial charge is 0.277 e. The number of pyridine rings is 1. The second kappa shape index (κ2) is 7.95. The third-order valence-electron chi connectivity index (χ3n) is 4.01. The molecule has 4 aromatic rings. The molecule has 3 heterocycles. The Morgan fingerprint density at radius 1 is 1.25 bits per heavy atom. The Labute approximate surface area is 170 Å². The van der Waals surface area contributed by atoms with E-state index in [9.17, 15) is 4.79 Å². The molecule has 1 N–H and O–H groups in total. The summed E-state index contributed by atoms with van der Waals surface area (Å²) >= 11 is 7.36. The Bertz CT molecular complexity index is 1140. The molecule has 0 saturated heterocycles. The number of hydrogen-bond donors (Lipinski definition) is 1. The maximum absolute atomic E-state index is 12.5. The Morgan fingerprint density at radius 3 is 2.93 bits per heavy atom. The fraction of sp³-hybridized carbons (Fsp3) is 0.158. The SMILES string of the molecule is Cc1cccn2cc(C(=O)Nc3nnc(CCOc4ccccc4Cl)s3)nc12. The maximum Gasteiger partial charge on any atom is 0.277 e. The van der Waals surface area contributed by atoms with Gasteiger partial charge in [0, 0.05) is 18.8 Å². The molecule has 4 rings (SSSR count). The number of fused-ring (bicyclic) bond motifs is 1. The van der Waals surface area contributed by atoms with Gasteiger partial charge < -0.3 is 9.14 Å². The van der Waals surface area contributed by atoms with E-state index in [0.29, 0.717) is 34.6 Å². The fourth-order valence-corrected chi connectivity index (χ4v) is 3.55. The third kappa shape index (κ3) is 3.97. The van der Waals surface area contributed by atoms with Crippen molar-refractivity contribution in [3.8, 4) is 5.75 Å². The molecule has 0 aliphatic carbocycles. The van der Waals surface area contributed by atoms with E-state index < -0.39 is 0 Å². The molecule has 0 unspecified atom stereocenters. The van der Waals surface area contributed by atoms with Crippen LogP contribution in [0, 0.1) is 6.92 Å². The van der Waals surface area contributed by atoms with Gasteiger partial charge in [-0.3, -0.25) is 10.1 Å². The van der Waals surface area contributed by atoms with E-state index in [1.165, 1.54) is 11.3 Å². The Balaban J connectivity index is 1.36. The van der Waals surface area contributed by atoms with Gasteiger partial charge in [-0.05, 0) is 30.7 Å². The van der Waals surface area contributed by atoms with Crippen molar-refractivity contribution in [3.63, 3.8) is 0 Å². The van der Waals surface area contributed by atoms with Crippen molar-refractivity contribution < 1.29 is 9.53 Å². The molecule has 0 spiro atoms. The summed E-state index contributed by atoms with van der Waals surface area (Å²) in [6.45, 7) is 2.36. The molecule has 0 aliphatic heterocycles. The number of benzene rings is 1. The van der Waals surface area contributed by atoms with Crippen LogP contribution in [-0.4, -0.2) is 32.1 Å². The molecule has 0 saturated carbocycles. The zero-order valence-corrected chi connectivity index (χ0v) is 16.5. The van der Waals surface area contributed by atoms with Crippen LogP contribution in [0.25, 0.3) is 5.65 Å². The van der Waals surface area contributed by atoms with Gasteiger partial charge >= 0.3 is 0 Å². The van der Waals surface area contributed by atoms with Crippen molar-refractivity contribution >= 4 is 39.6 Å². The molecular weight excluding hydrogens is 398 g/mol. The van der Waals surface area contributed by atoms with Crippen molar-refractivity contribution in [3.05, 3.63) is 70.1 Å². The fourth-order valence-electron chi connectivity index (χ4n) is 2.64. The van der Waals surface area contributed by atoms with Gasteiger partial charge in [0.25, 0.3) is 5.91 Å². The first-order valence-electron chi connectivity index (χ1n) is 8.55. The van der Waals surface area contributed by atoms with E-state index in [-0.39, 0.29) is 5.91 Å². The van der Waals surface area contributed by atoms with E-state index >= 15 is 0 Å². The molecule has 1 amide bonds. The number of nitrogens with one attached hydrogen (secondary N) is 1. The lowest BCUT2D eigenvalue weighted by Crippen LogP contribution is -2.12. The van der Waals surface area contributed by atoms with Crippen LogP contribution in [0.15, 0.2) is 48.8 Å². The number of amides is 1. The molecule has 3 aromatic heterocycles. The zero-order chi connectivity index (χ0) is 19.5. The van der Waals surface area contributed by atoms with Gasteiger partial charge in [0.15, 0.2) is 0 Å². The second-order valence-corrected chi connectivity index (χ2v) is 7.50. The highest BCUT2D eigenvalue weighted by atomic mass is 35.5. The standard InChI is InChI=1S/C19H16ClN5O2S/c1-12-5-4-9-25-11-14(21-17(12)25)18(26)22-19-24-23-16(28-19)8-10-27-15-7-3-2-6-13(15)20/h2-7,9,11H,8,10H2,1H3,(H,22,24,26). The van der Waals surface area contributed by atoms with E-state index in [1.54, 1.807) is 12.3 Å². The number of imidazole rings is 1. The molecule has 28 heavy (non-hydrogen) atoms. The number of anilines is 1. The van der Waals surface area contributed by atoms with Crippen molar-refractivity contribution in [1.29, 1.82) is 0 Å². The summed E-state index contributed by atoms with van der Waals surface area (Å²) in [4.78, 5) is 16.8. The lowest BCUT2D eigenvalue weighted by atomic mass is 10.3. The van der Waals surface area contributed by atoms with E-state index in [4.69, 9.17) is 16.3 Å². The number of rotatable bonds is 6. The first kappa shape index (κ1) is 18.4. The highest BCUT2D eigenvalue weighted by molar-refractivity contribution is 7.15. The minimum Gasteiger partial charge on any atom is -0.492 e. The van der Waals surface area contributed by atoms with Gasteiger partial charge in [0.2, 0.25) is 5.13 Å². The molecule has 1 aromatic carbocycles. The number of carbonyl (C=O) groups excluding carboxylic acids is 1. The van der Waals surface area contributed by atoms with Crippen molar-refractivity contribution in [2.45, 2.75) is 13.3 Å². The van der Waals surface area contributed by atoms with Crippen molar-refractivity contribution in [2.24, 2.45) is 0 Å². The number of hydrogen-bond acceptors (Lipinski definition) is 6. The average Bonchev–Trinajstić information content (AvgIpc) is 3.31. The first-order chi connectivity index (χ1) is 13.6. The molecular formula is C19H16ClN5O2S. The summed E-state index contributed by atoms with van der Waals surface area (Å²) in [5.41, 5.74) is 2.08. The highest BCUT2D eigenvalue weighted by Gasteiger charge is 2.14. The lowest BCUT2D eigenvalue weighted by molar-refractivity contribution is 0.102. The predicted octanol–water partition coefficient (Wildman–Crippen LogP) is 4.02. The topological polar surface area (TPSA) is 81.4 Å². The van der Waals surface area contributed by atoms with Gasteiger partial charge in [-0.25, -0.2) is 4.98 Å². The summed E-state index contributed by atoms with van der Waals surface area (Å²) in [6, 6.07) is 11.2. The van der Waals surface area contributed by atoms with Crippen LogP contribution in [0.1, 0.15) is 21.1 Å². The summed E-state index contributed by atoms with van der Waals surface area (Å²) in [6.07, 6.45) is 4.11. The number of aryl methyl sites for hydroxylation is 1. The van der Waals surface area contributed by atoms with Gasteiger partial charge in [0.05, 0.1) is 11.6 Å². The number of carbonyl (C=O) groups is 1. The number of ether oxygens (including phenoxy) is 1. The maximum atomic E-state index is 12.5. The molecule has 0 fully saturated rings. The van der Waals surface area contributed by atoms with Crippen LogP contribution in [0.3, 0.4) is 0 Å². The van der Waals surface area contributed by atoms with Crippen LogP contribution < -0.4 is 10.1 Å². The average molecular weight is 414 g/mol. The van der Waals surface area contributed by atoms with Crippen molar-refractivity contribution in [1.82, 2.24) is 19.6 Å². The summed E-state index contributed by atoms with van der Waals surface area (Å²) in [5.74, 6) is 0.308. The van der Waals surface area contributed by atoms with Gasteiger partial charge in [-0.15, -0.1) is 10.2 Å². The minimum atomic E-state index is -0.321. The largest absolute Gasteiger partial charge is 0.492 e. The molecule has 7 nitrogen and oxygen atoms in total. The van der Waals surface area contributed by atoms with Crippen LogP contribution in [0.4, 0.5) is 5.13 Å². The summed E-state index contributed by atoms with van der Waals surface area (Å²) < 4.78 is 7.47. The molecule has 142 valence electrons. The normalized spacial score (nSPS) is 10.9. The Kier molecular flexibility index (Phi) is 5.23. The molecule has 0 radical (unpaired) electrons. The van der Waals surface area contributed by atoms with Gasteiger partial charge in [-0.1, -0.05) is 41.1 Å². The molecule has 0 atom stereocenters. The lowest BCUT2D eigenvalue weighted by Gasteiger charge is -2.05. The minimum absolute atomic E-state index is 0.321. The van der Waals surface area contributed by atoms with Gasteiger partial charge in [-0.2, -0.15) is 0 Å². The number of para-hydroxylation sites is 1. The second-order valence-electron chi connectivity index (χ2n) is 6.03. The highest BCUT2D eigenvalue weighted by Crippen LogP contribution is 2.24. The Morgan fingerprint density at radius 2 is 2.11 bits per heavy atom. The molecule has 9 heteroatoms. The zero-order valence-electron chi connectivity index (χ0n) is 14.9. The predicted molar refractivity (Wildman–Crippen MR) is 108 cm³/mol. The quantitative estimate of drug-likeness (QED) is 0.516. The summed E-state index contributed by atoms with van der Waals surface area (Å²) in [7, 11) is 0. The summed E-state index contributed by atoms with van der Waals surface area (Å²) in [5, 5.41) is 12.6. The third-order valence-corrected chi connectivity index (χ3v) is 5.22. The Hall–Kier alpha value is -2.97. The van der Waals surface area contributed by atoms with Crippen LogP contribution in [-0.2, 0) is 6.42 Å². The van der Waals surface area contributed by atoms with E-state index in [1.807, 2.05) is 47.9 Å². The number of halogens is 1. The van der Waals surface area contributed by atoms with Crippen LogP contribution in [0.2, 0.25) is 5.02 Å².